The van der Waals surface area contributed by atoms with E-state index in [-0.39, 0.29) is 5.54 Å². The highest BCUT2D eigenvalue weighted by Crippen LogP contribution is 2.28. The first-order valence-corrected chi connectivity index (χ1v) is 7.16. The zero-order chi connectivity index (χ0) is 13.6. The maximum Gasteiger partial charge on any atom is 0.0702 e. The SMILES string of the molecule is CCOC1CCCN(C(CN)(COC)C(C)C)C1. The van der Waals surface area contributed by atoms with Crippen molar-refractivity contribution >= 4 is 0 Å². The van der Waals surface area contributed by atoms with Crippen LogP contribution >= 0.6 is 0 Å². The van der Waals surface area contributed by atoms with Gasteiger partial charge in [0.1, 0.15) is 0 Å². The minimum absolute atomic E-state index is 0.0511. The molecule has 2 atom stereocenters. The standard InChI is InChI=1S/C14H30N2O2/c1-5-18-13-7-6-8-16(9-13)14(10-15,11-17-4)12(2)3/h12-13H,5-11,15H2,1-4H3. The molecule has 0 aromatic heterocycles. The first-order valence-electron chi connectivity index (χ1n) is 7.16. The first-order chi connectivity index (χ1) is 8.60. The van der Waals surface area contributed by atoms with Gasteiger partial charge in [0.15, 0.2) is 0 Å². The quantitative estimate of drug-likeness (QED) is 0.751. The van der Waals surface area contributed by atoms with Gasteiger partial charge < -0.3 is 15.2 Å². The number of hydrogen-bond acceptors (Lipinski definition) is 4. The predicted molar refractivity (Wildman–Crippen MR) is 74.7 cm³/mol. The van der Waals surface area contributed by atoms with Gasteiger partial charge in [0, 0.05) is 26.8 Å². The van der Waals surface area contributed by atoms with Gasteiger partial charge in [0.05, 0.1) is 18.2 Å². The molecule has 2 N–H and O–H groups in total. The van der Waals surface area contributed by atoms with Crippen LogP contribution < -0.4 is 5.73 Å². The largest absolute Gasteiger partial charge is 0.383 e. The van der Waals surface area contributed by atoms with Crippen molar-refractivity contribution in [3.05, 3.63) is 0 Å². The smallest absolute Gasteiger partial charge is 0.0702 e. The summed E-state index contributed by atoms with van der Waals surface area (Å²) in [6.45, 7) is 10.7. The molecule has 1 heterocycles. The van der Waals surface area contributed by atoms with Crippen LogP contribution in [0, 0.1) is 5.92 Å². The van der Waals surface area contributed by atoms with Gasteiger partial charge in [-0.25, -0.2) is 0 Å². The van der Waals surface area contributed by atoms with E-state index in [1.807, 2.05) is 0 Å². The molecule has 0 aromatic rings. The van der Waals surface area contributed by atoms with Crippen LogP contribution in [0.5, 0.6) is 0 Å². The van der Waals surface area contributed by atoms with E-state index in [1.54, 1.807) is 7.11 Å². The average Bonchev–Trinajstić information content (AvgIpc) is 2.36. The summed E-state index contributed by atoms with van der Waals surface area (Å²) in [6, 6.07) is 0. The molecule has 2 unspecified atom stereocenters. The fourth-order valence-corrected chi connectivity index (χ4v) is 3.01. The van der Waals surface area contributed by atoms with Crippen LogP contribution in [0.25, 0.3) is 0 Å². The Morgan fingerprint density at radius 1 is 1.44 bits per heavy atom. The van der Waals surface area contributed by atoms with E-state index >= 15 is 0 Å². The number of likely N-dealkylation sites (tertiary alicyclic amines) is 1. The summed E-state index contributed by atoms with van der Waals surface area (Å²) in [5.74, 6) is 0.475. The second-order valence-corrected chi connectivity index (χ2v) is 5.56. The van der Waals surface area contributed by atoms with E-state index in [4.69, 9.17) is 15.2 Å². The Morgan fingerprint density at radius 2 is 2.17 bits per heavy atom. The maximum atomic E-state index is 6.08. The van der Waals surface area contributed by atoms with Gasteiger partial charge in [0.25, 0.3) is 0 Å². The summed E-state index contributed by atoms with van der Waals surface area (Å²) in [5, 5.41) is 0. The fourth-order valence-electron chi connectivity index (χ4n) is 3.01. The van der Waals surface area contributed by atoms with Crippen molar-refractivity contribution in [3.8, 4) is 0 Å². The van der Waals surface area contributed by atoms with E-state index in [2.05, 4.69) is 25.7 Å². The molecule has 1 saturated heterocycles. The van der Waals surface area contributed by atoms with E-state index < -0.39 is 0 Å². The van der Waals surface area contributed by atoms with Crippen LogP contribution in [0.15, 0.2) is 0 Å². The highest BCUT2D eigenvalue weighted by molar-refractivity contribution is 4.97. The molecule has 0 aromatic carbocycles. The molecule has 1 aliphatic rings. The molecule has 18 heavy (non-hydrogen) atoms. The van der Waals surface area contributed by atoms with Crippen molar-refractivity contribution in [2.45, 2.75) is 45.3 Å². The molecule has 1 aliphatic heterocycles. The molecule has 0 aliphatic carbocycles. The molecule has 0 bridgehead atoms. The molecule has 0 radical (unpaired) electrons. The van der Waals surface area contributed by atoms with Gasteiger partial charge in [0.2, 0.25) is 0 Å². The molecule has 0 saturated carbocycles. The van der Waals surface area contributed by atoms with Crippen LogP contribution in [0.2, 0.25) is 0 Å². The lowest BCUT2D eigenvalue weighted by atomic mass is 9.83. The van der Waals surface area contributed by atoms with Crippen molar-refractivity contribution < 1.29 is 9.47 Å². The summed E-state index contributed by atoms with van der Waals surface area (Å²) in [6.07, 6.45) is 2.70. The van der Waals surface area contributed by atoms with E-state index in [9.17, 15) is 0 Å². The summed E-state index contributed by atoms with van der Waals surface area (Å²) in [7, 11) is 1.76. The number of piperidine rings is 1. The first kappa shape index (κ1) is 15.9. The number of rotatable bonds is 7. The second-order valence-electron chi connectivity index (χ2n) is 5.56. The predicted octanol–water partition coefficient (Wildman–Crippen LogP) is 1.49. The molecular weight excluding hydrogens is 228 g/mol. The van der Waals surface area contributed by atoms with Gasteiger partial charge >= 0.3 is 0 Å². The average molecular weight is 258 g/mol. The molecule has 0 spiro atoms. The fraction of sp³-hybridized carbons (Fsp3) is 1.00. The zero-order valence-electron chi connectivity index (χ0n) is 12.4. The highest BCUT2D eigenvalue weighted by Gasteiger charge is 2.40. The Kier molecular flexibility index (Phi) is 6.57. The monoisotopic (exact) mass is 258 g/mol. The van der Waals surface area contributed by atoms with Crippen molar-refractivity contribution in [3.63, 3.8) is 0 Å². The molecule has 108 valence electrons. The molecular formula is C14H30N2O2. The summed E-state index contributed by atoms with van der Waals surface area (Å²) in [4.78, 5) is 2.49. The van der Waals surface area contributed by atoms with Crippen molar-refractivity contribution in [1.29, 1.82) is 0 Å². The van der Waals surface area contributed by atoms with Crippen LogP contribution in [-0.2, 0) is 9.47 Å². The van der Waals surface area contributed by atoms with Gasteiger partial charge in [-0.15, -0.1) is 0 Å². The Balaban J connectivity index is 2.77. The molecule has 1 fully saturated rings. The third kappa shape index (κ3) is 3.44. The van der Waals surface area contributed by atoms with Gasteiger partial charge in [-0.2, -0.15) is 0 Å². The van der Waals surface area contributed by atoms with Gasteiger partial charge in [-0.1, -0.05) is 13.8 Å². The summed E-state index contributed by atoms with van der Waals surface area (Å²) in [5.41, 5.74) is 6.03. The molecule has 4 nitrogen and oxygen atoms in total. The van der Waals surface area contributed by atoms with Crippen LogP contribution in [0.1, 0.15) is 33.6 Å². The molecule has 1 rings (SSSR count). The number of methoxy groups -OCH3 is 1. The maximum absolute atomic E-state index is 6.08. The highest BCUT2D eigenvalue weighted by atomic mass is 16.5. The van der Waals surface area contributed by atoms with E-state index in [1.165, 1.54) is 6.42 Å². The number of hydrogen-bond donors (Lipinski definition) is 1. The second kappa shape index (κ2) is 7.43. The molecule has 4 heteroatoms. The Labute approximate surface area is 112 Å². The lowest BCUT2D eigenvalue weighted by molar-refractivity contribution is -0.0717. The zero-order valence-corrected chi connectivity index (χ0v) is 12.4. The summed E-state index contributed by atoms with van der Waals surface area (Å²) < 4.78 is 11.2. The minimum Gasteiger partial charge on any atom is -0.383 e. The van der Waals surface area contributed by atoms with Crippen molar-refractivity contribution in [2.75, 3.05) is 40.0 Å². The minimum atomic E-state index is -0.0511. The number of ether oxygens (including phenoxy) is 2. The third-order valence-electron chi connectivity index (χ3n) is 4.23. The van der Waals surface area contributed by atoms with Crippen LogP contribution in [-0.4, -0.2) is 56.5 Å². The van der Waals surface area contributed by atoms with Crippen molar-refractivity contribution in [2.24, 2.45) is 11.7 Å². The lowest BCUT2D eigenvalue weighted by Crippen LogP contribution is -2.63. The Hall–Kier alpha value is -0.160. The Morgan fingerprint density at radius 3 is 2.67 bits per heavy atom. The Bertz CT molecular complexity index is 234. The topological polar surface area (TPSA) is 47.7 Å². The van der Waals surface area contributed by atoms with Crippen molar-refractivity contribution in [1.82, 2.24) is 4.90 Å². The van der Waals surface area contributed by atoms with E-state index in [0.29, 0.717) is 25.2 Å². The summed E-state index contributed by atoms with van der Waals surface area (Å²) >= 11 is 0. The normalized spacial score (nSPS) is 25.3. The van der Waals surface area contributed by atoms with Crippen LogP contribution in [0.3, 0.4) is 0 Å². The molecule has 0 amide bonds. The third-order valence-corrected chi connectivity index (χ3v) is 4.23. The van der Waals surface area contributed by atoms with E-state index in [0.717, 1.165) is 26.1 Å². The number of nitrogens with zero attached hydrogens (tertiary/aromatic N) is 1. The van der Waals surface area contributed by atoms with Gasteiger partial charge in [-0.05, 0) is 32.2 Å². The van der Waals surface area contributed by atoms with Gasteiger partial charge in [-0.3, -0.25) is 4.90 Å². The van der Waals surface area contributed by atoms with Crippen LogP contribution in [0.4, 0.5) is 0 Å². The number of nitrogens with two attached hydrogens (primary N) is 1. The lowest BCUT2D eigenvalue weighted by Gasteiger charge is -2.49.